The molecule has 0 aliphatic carbocycles. The lowest BCUT2D eigenvalue weighted by molar-refractivity contribution is -0.138. The topological polar surface area (TPSA) is 82.5 Å². The molecule has 0 aromatic carbocycles. The quantitative estimate of drug-likeness (QED) is 0.842. The Balaban J connectivity index is 2.01. The van der Waals surface area contributed by atoms with Crippen LogP contribution in [-0.2, 0) is 4.79 Å². The number of amides is 1. The van der Waals surface area contributed by atoms with E-state index in [2.05, 4.69) is 15.2 Å². The smallest absolute Gasteiger partial charge is 0.325 e. The van der Waals surface area contributed by atoms with Crippen molar-refractivity contribution in [3.8, 4) is 0 Å². The Morgan fingerprint density at radius 1 is 1.37 bits per heavy atom. The molecule has 102 valence electrons. The van der Waals surface area contributed by atoms with Crippen molar-refractivity contribution in [1.29, 1.82) is 0 Å². The van der Waals surface area contributed by atoms with Gasteiger partial charge in [0.25, 0.3) is 5.91 Å². The van der Waals surface area contributed by atoms with Crippen LogP contribution in [0, 0.1) is 0 Å². The molecule has 0 spiro atoms. The van der Waals surface area contributed by atoms with Crippen LogP contribution in [0.4, 0.5) is 5.82 Å². The number of pyridine rings is 1. The van der Waals surface area contributed by atoms with E-state index in [4.69, 9.17) is 5.11 Å². The molecule has 1 aliphatic rings. The van der Waals surface area contributed by atoms with Crippen LogP contribution in [0.2, 0.25) is 0 Å². The molecular formula is C13H17N3O3. The zero-order chi connectivity index (χ0) is 13.8. The maximum absolute atomic E-state index is 11.8. The number of carbonyl (C=O) groups is 2. The number of carboxylic acids is 1. The largest absolute Gasteiger partial charge is 0.480 e. The zero-order valence-corrected chi connectivity index (χ0v) is 10.8. The second-order valence-electron chi connectivity index (χ2n) is 4.63. The Morgan fingerprint density at radius 2 is 2.05 bits per heavy atom. The lowest BCUT2D eigenvalue weighted by atomic mass is 10.2. The van der Waals surface area contributed by atoms with Crippen LogP contribution in [0.25, 0.3) is 0 Å². The third-order valence-electron chi connectivity index (χ3n) is 3.16. The molecule has 0 bridgehead atoms. The SMILES string of the molecule is C[C@@H](NC(=O)c1ccc(N2CCCC2)nc1)C(=O)O. The number of aliphatic carboxylic acids is 1. The van der Waals surface area contributed by atoms with Crippen LogP contribution in [0.3, 0.4) is 0 Å². The molecule has 1 amide bonds. The van der Waals surface area contributed by atoms with E-state index in [-0.39, 0.29) is 0 Å². The molecule has 2 rings (SSSR count). The molecule has 1 aromatic rings. The van der Waals surface area contributed by atoms with Gasteiger partial charge in [-0.1, -0.05) is 0 Å². The third-order valence-corrected chi connectivity index (χ3v) is 3.16. The summed E-state index contributed by atoms with van der Waals surface area (Å²) in [5.74, 6) is -0.620. The molecular weight excluding hydrogens is 246 g/mol. The summed E-state index contributed by atoms with van der Waals surface area (Å²) in [5, 5.41) is 11.1. The highest BCUT2D eigenvalue weighted by molar-refractivity contribution is 5.96. The fourth-order valence-corrected chi connectivity index (χ4v) is 2.00. The lowest BCUT2D eigenvalue weighted by Gasteiger charge is -2.16. The summed E-state index contributed by atoms with van der Waals surface area (Å²) >= 11 is 0. The second kappa shape index (κ2) is 5.69. The number of rotatable bonds is 4. The first-order chi connectivity index (χ1) is 9.08. The first kappa shape index (κ1) is 13.3. The molecule has 6 heteroatoms. The Labute approximate surface area is 111 Å². The monoisotopic (exact) mass is 263 g/mol. The first-order valence-electron chi connectivity index (χ1n) is 6.32. The average Bonchev–Trinajstić information content (AvgIpc) is 2.92. The van der Waals surface area contributed by atoms with E-state index < -0.39 is 17.9 Å². The van der Waals surface area contributed by atoms with E-state index in [1.165, 1.54) is 26.0 Å². The summed E-state index contributed by atoms with van der Waals surface area (Å²) in [6, 6.07) is 2.56. The van der Waals surface area contributed by atoms with Gasteiger partial charge in [-0.15, -0.1) is 0 Å². The van der Waals surface area contributed by atoms with Crippen molar-refractivity contribution < 1.29 is 14.7 Å². The minimum Gasteiger partial charge on any atom is -0.480 e. The van der Waals surface area contributed by atoms with Crippen molar-refractivity contribution in [1.82, 2.24) is 10.3 Å². The fourth-order valence-electron chi connectivity index (χ4n) is 2.00. The number of carboxylic acid groups (broad SMARTS) is 1. The van der Waals surface area contributed by atoms with E-state index >= 15 is 0 Å². The van der Waals surface area contributed by atoms with E-state index in [0.717, 1.165) is 18.9 Å². The molecule has 1 fully saturated rings. The predicted molar refractivity (Wildman–Crippen MR) is 70.2 cm³/mol. The van der Waals surface area contributed by atoms with Crippen LogP contribution >= 0.6 is 0 Å². The van der Waals surface area contributed by atoms with Gasteiger partial charge in [0.05, 0.1) is 5.56 Å². The highest BCUT2D eigenvalue weighted by Gasteiger charge is 2.17. The molecule has 6 nitrogen and oxygen atoms in total. The van der Waals surface area contributed by atoms with Crippen LogP contribution < -0.4 is 10.2 Å². The average molecular weight is 263 g/mol. The standard InChI is InChI=1S/C13H17N3O3/c1-9(13(18)19)15-12(17)10-4-5-11(14-8-10)16-6-2-3-7-16/h4-5,8-9H,2-3,6-7H2,1H3,(H,15,17)(H,18,19)/t9-/m1/s1. The number of carbonyl (C=O) groups excluding carboxylic acids is 1. The van der Waals surface area contributed by atoms with Crippen molar-refractivity contribution in [2.75, 3.05) is 18.0 Å². The van der Waals surface area contributed by atoms with Gasteiger partial charge in [0, 0.05) is 19.3 Å². The molecule has 2 N–H and O–H groups in total. The molecule has 19 heavy (non-hydrogen) atoms. The van der Waals surface area contributed by atoms with Gasteiger partial charge in [0.15, 0.2) is 0 Å². The molecule has 1 aliphatic heterocycles. The van der Waals surface area contributed by atoms with Crippen molar-refractivity contribution >= 4 is 17.7 Å². The van der Waals surface area contributed by atoms with E-state index in [0.29, 0.717) is 5.56 Å². The van der Waals surface area contributed by atoms with Gasteiger partial charge in [0.2, 0.25) is 0 Å². The van der Waals surface area contributed by atoms with E-state index in [1.807, 2.05) is 0 Å². The minimum atomic E-state index is -1.06. The molecule has 0 saturated carbocycles. The van der Waals surface area contributed by atoms with Gasteiger partial charge in [0.1, 0.15) is 11.9 Å². The maximum Gasteiger partial charge on any atom is 0.325 e. The summed E-state index contributed by atoms with van der Waals surface area (Å²) in [4.78, 5) is 28.8. The highest BCUT2D eigenvalue weighted by Crippen LogP contribution is 2.17. The number of hydrogen-bond acceptors (Lipinski definition) is 4. The Bertz CT molecular complexity index is 467. The number of nitrogens with one attached hydrogen (secondary N) is 1. The predicted octanol–water partition coefficient (Wildman–Crippen LogP) is 0.885. The summed E-state index contributed by atoms with van der Waals surface area (Å²) in [6.07, 6.45) is 3.82. The normalized spacial score (nSPS) is 16.2. The summed E-state index contributed by atoms with van der Waals surface area (Å²) in [7, 11) is 0. The number of nitrogens with zero attached hydrogens (tertiary/aromatic N) is 2. The number of hydrogen-bond donors (Lipinski definition) is 2. The lowest BCUT2D eigenvalue weighted by Crippen LogP contribution is -2.38. The van der Waals surface area contributed by atoms with Crippen molar-refractivity contribution in [2.24, 2.45) is 0 Å². The number of aromatic nitrogens is 1. The maximum atomic E-state index is 11.8. The van der Waals surface area contributed by atoms with Gasteiger partial charge in [-0.2, -0.15) is 0 Å². The molecule has 2 heterocycles. The van der Waals surface area contributed by atoms with Crippen LogP contribution in [0.15, 0.2) is 18.3 Å². The van der Waals surface area contributed by atoms with Crippen LogP contribution in [-0.4, -0.2) is 41.1 Å². The summed E-state index contributed by atoms with van der Waals surface area (Å²) in [5.41, 5.74) is 0.371. The zero-order valence-electron chi connectivity index (χ0n) is 10.8. The third kappa shape index (κ3) is 3.21. The Hall–Kier alpha value is -2.11. The van der Waals surface area contributed by atoms with Crippen LogP contribution in [0.5, 0.6) is 0 Å². The van der Waals surface area contributed by atoms with E-state index in [1.54, 1.807) is 12.1 Å². The fraction of sp³-hybridized carbons (Fsp3) is 0.462. The minimum absolute atomic E-state index is 0.371. The summed E-state index contributed by atoms with van der Waals surface area (Å²) < 4.78 is 0. The van der Waals surface area contributed by atoms with Crippen molar-refractivity contribution in [3.05, 3.63) is 23.9 Å². The second-order valence-corrected chi connectivity index (χ2v) is 4.63. The summed E-state index contributed by atoms with van der Waals surface area (Å²) in [6.45, 7) is 3.41. The first-order valence-corrected chi connectivity index (χ1v) is 6.32. The molecule has 1 atom stereocenters. The van der Waals surface area contributed by atoms with Gasteiger partial charge in [-0.25, -0.2) is 4.98 Å². The molecule has 1 aromatic heterocycles. The Morgan fingerprint density at radius 3 is 2.58 bits per heavy atom. The van der Waals surface area contributed by atoms with Gasteiger partial charge >= 0.3 is 5.97 Å². The van der Waals surface area contributed by atoms with Crippen molar-refractivity contribution in [3.63, 3.8) is 0 Å². The van der Waals surface area contributed by atoms with Gasteiger partial charge < -0.3 is 15.3 Å². The highest BCUT2D eigenvalue weighted by atomic mass is 16.4. The van der Waals surface area contributed by atoms with E-state index in [9.17, 15) is 9.59 Å². The van der Waals surface area contributed by atoms with Gasteiger partial charge in [-0.3, -0.25) is 9.59 Å². The van der Waals surface area contributed by atoms with Crippen molar-refractivity contribution in [2.45, 2.75) is 25.8 Å². The number of anilines is 1. The molecule has 0 radical (unpaired) electrons. The van der Waals surface area contributed by atoms with Gasteiger partial charge in [-0.05, 0) is 31.9 Å². The van der Waals surface area contributed by atoms with Crippen LogP contribution in [0.1, 0.15) is 30.1 Å². The Kier molecular flexibility index (Phi) is 3.99. The molecule has 1 saturated heterocycles. The molecule has 0 unspecified atom stereocenters.